The van der Waals surface area contributed by atoms with Gasteiger partial charge in [0.1, 0.15) is 18.1 Å². The SMILES string of the molecule is Cc1ccc(COc2ccc(/C=N\NC(=O)[C@H](C)Oc3cccc(Cl)c3)cc2)cc1. The Morgan fingerprint density at radius 1 is 1.07 bits per heavy atom. The summed E-state index contributed by atoms with van der Waals surface area (Å²) >= 11 is 5.91. The monoisotopic (exact) mass is 422 g/mol. The second kappa shape index (κ2) is 10.5. The Morgan fingerprint density at radius 3 is 2.50 bits per heavy atom. The molecule has 0 bridgehead atoms. The summed E-state index contributed by atoms with van der Waals surface area (Å²) in [7, 11) is 0. The first kappa shape index (κ1) is 21.4. The molecular formula is C24H23ClN2O3. The summed E-state index contributed by atoms with van der Waals surface area (Å²) in [5.41, 5.74) is 5.64. The van der Waals surface area contributed by atoms with E-state index in [1.165, 1.54) is 5.56 Å². The van der Waals surface area contributed by atoms with Crippen molar-refractivity contribution in [2.75, 3.05) is 0 Å². The van der Waals surface area contributed by atoms with Gasteiger partial charge in [-0.25, -0.2) is 5.43 Å². The summed E-state index contributed by atoms with van der Waals surface area (Å²) < 4.78 is 11.3. The standard InChI is InChI=1S/C24H23ClN2O3/c1-17-6-8-20(9-7-17)16-29-22-12-10-19(11-13-22)15-26-27-24(28)18(2)30-23-5-3-4-21(25)14-23/h3-15,18H,16H2,1-2H3,(H,27,28)/b26-15-/t18-/m0/s1. The summed E-state index contributed by atoms with van der Waals surface area (Å²) in [6, 6.07) is 22.6. The molecule has 3 aromatic carbocycles. The van der Waals surface area contributed by atoms with E-state index in [1.807, 2.05) is 24.3 Å². The van der Waals surface area contributed by atoms with Crippen LogP contribution in [0.15, 0.2) is 77.9 Å². The first-order valence-corrected chi connectivity index (χ1v) is 9.91. The third-order valence-corrected chi connectivity index (χ3v) is 4.51. The minimum absolute atomic E-state index is 0.357. The van der Waals surface area contributed by atoms with Crippen LogP contribution in [0.3, 0.4) is 0 Å². The molecule has 30 heavy (non-hydrogen) atoms. The van der Waals surface area contributed by atoms with Crippen molar-refractivity contribution in [1.29, 1.82) is 0 Å². The van der Waals surface area contributed by atoms with Gasteiger partial charge in [0.05, 0.1) is 6.21 Å². The maximum Gasteiger partial charge on any atom is 0.280 e. The fourth-order valence-corrected chi connectivity index (χ4v) is 2.74. The number of halogens is 1. The van der Waals surface area contributed by atoms with Gasteiger partial charge in [-0.1, -0.05) is 47.5 Å². The summed E-state index contributed by atoms with van der Waals surface area (Å²) in [6.07, 6.45) is 0.853. The fraction of sp³-hybridized carbons (Fsp3) is 0.167. The minimum Gasteiger partial charge on any atom is -0.489 e. The topological polar surface area (TPSA) is 59.9 Å². The molecule has 6 heteroatoms. The maximum absolute atomic E-state index is 12.1. The van der Waals surface area contributed by atoms with Crippen molar-refractivity contribution in [3.05, 3.63) is 94.5 Å². The van der Waals surface area contributed by atoms with E-state index in [0.717, 1.165) is 16.9 Å². The highest BCUT2D eigenvalue weighted by Gasteiger charge is 2.13. The molecule has 1 amide bonds. The highest BCUT2D eigenvalue weighted by atomic mass is 35.5. The third kappa shape index (κ3) is 6.64. The molecule has 3 aromatic rings. The van der Waals surface area contributed by atoms with E-state index in [2.05, 4.69) is 41.7 Å². The molecule has 0 spiro atoms. The Hall–Kier alpha value is -3.31. The van der Waals surface area contributed by atoms with E-state index in [9.17, 15) is 4.79 Å². The second-order valence-corrected chi connectivity index (χ2v) is 7.23. The summed E-state index contributed by atoms with van der Waals surface area (Å²) in [5.74, 6) is 0.930. The predicted molar refractivity (Wildman–Crippen MR) is 119 cm³/mol. The van der Waals surface area contributed by atoms with Crippen LogP contribution >= 0.6 is 11.6 Å². The van der Waals surface area contributed by atoms with Crippen LogP contribution in [-0.2, 0) is 11.4 Å². The fourth-order valence-electron chi connectivity index (χ4n) is 2.56. The molecule has 0 saturated carbocycles. The van der Waals surface area contributed by atoms with Gasteiger partial charge in [-0.2, -0.15) is 5.10 Å². The van der Waals surface area contributed by atoms with E-state index >= 15 is 0 Å². The Balaban J connectivity index is 1.46. The van der Waals surface area contributed by atoms with Crippen LogP contribution in [0.4, 0.5) is 0 Å². The zero-order valence-electron chi connectivity index (χ0n) is 16.8. The molecule has 0 aliphatic rings. The number of nitrogens with one attached hydrogen (secondary N) is 1. The lowest BCUT2D eigenvalue weighted by molar-refractivity contribution is -0.127. The Kier molecular flexibility index (Phi) is 7.46. The van der Waals surface area contributed by atoms with E-state index < -0.39 is 6.10 Å². The Labute approximate surface area is 181 Å². The molecular weight excluding hydrogens is 400 g/mol. The van der Waals surface area contributed by atoms with Crippen molar-refractivity contribution >= 4 is 23.7 Å². The van der Waals surface area contributed by atoms with E-state index in [1.54, 1.807) is 37.4 Å². The second-order valence-electron chi connectivity index (χ2n) is 6.80. The largest absolute Gasteiger partial charge is 0.489 e. The van der Waals surface area contributed by atoms with Gasteiger partial charge in [0.25, 0.3) is 5.91 Å². The molecule has 0 fully saturated rings. The molecule has 0 heterocycles. The van der Waals surface area contributed by atoms with E-state index in [4.69, 9.17) is 21.1 Å². The van der Waals surface area contributed by atoms with Crippen LogP contribution in [0.2, 0.25) is 5.02 Å². The van der Waals surface area contributed by atoms with E-state index in [0.29, 0.717) is 17.4 Å². The number of hydrazone groups is 1. The molecule has 0 radical (unpaired) electrons. The van der Waals surface area contributed by atoms with Crippen molar-refractivity contribution in [1.82, 2.24) is 5.43 Å². The molecule has 5 nitrogen and oxygen atoms in total. The third-order valence-electron chi connectivity index (χ3n) is 4.27. The number of rotatable bonds is 8. The zero-order chi connectivity index (χ0) is 21.3. The van der Waals surface area contributed by atoms with Crippen LogP contribution in [0.25, 0.3) is 0 Å². The lowest BCUT2D eigenvalue weighted by Crippen LogP contribution is -2.33. The van der Waals surface area contributed by atoms with Gasteiger partial charge in [-0.3, -0.25) is 4.79 Å². The quantitative estimate of drug-likeness (QED) is 0.403. The number of hydrogen-bond acceptors (Lipinski definition) is 4. The van der Waals surface area contributed by atoms with Crippen molar-refractivity contribution in [3.63, 3.8) is 0 Å². The van der Waals surface area contributed by atoms with Crippen LogP contribution in [0, 0.1) is 6.92 Å². The van der Waals surface area contributed by atoms with Crippen molar-refractivity contribution < 1.29 is 14.3 Å². The minimum atomic E-state index is -0.710. The van der Waals surface area contributed by atoms with Crippen LogP contribution < -0.4 is 14.9 Å². The molecule has 1 N–H and O–H groups in total. The van der Waals surface area contributed by atoms with Gasteiger partial charge in [0, 0.05) is 5.02 Å². The smallest absolute Gasteiger partial charge is 0.280 e. The maximum atomic E-state index is 12.1. The van der Waals surface area contributed by atoms with Crippen LogP contribution in [0.1, 0.15) is 23.6 Å². The lowest BCUT2D eigenvalue weighted by atomic mass is 10.2. The Morgan fingerprint density at radius 2 is 1.80 bits per heavy atom. The molecule has 0 aromatic heterocycles. The zero-order valence-corrected chi connectivity index (χ0v) is 17.6. The average molecular weight is 423 g/mol. The lowest BCUT2D eigenvalue weighted by Gasteiger charge is -2.12. The summed E-state index contributed by atoms with van der Waals surface area (Å²) in [5, 5.41) is 4.53. The molecule has 0 aliphatic heterocycles. The summed E-state index contributed by atoms with van der Waals surface area (Å²) in [4.78, 5) is 12.1. The molecule has 0 unspecified atom stereocenters. The predicted octanol–water partition coefficient (Wildman–Crippen LogP) is 5.15. The normalized spacial score (nSPS) is 11.8. The molecule has 3 rings (SSSR count). The summed E-state index contributed by atoms with van der Waals surface area (Å²) in [6.45, 7) is 4.21. The molecule has 154 valence electrons. The number of carbonyl (C=O) groups is 1. The molecule has 0 aliphatic carbocycles. The van der Waals surface area contributed by atoms with Gasteiger partial charge in [-0.05, 0) is 67.4 Å². The number of nitrogens with zero attached hydrogens (tertiary/aromatic N) is 1. The Bertz CT molecular complexity index is 1000. The first-order valence-electron chi connectivity index (χ1n) is 9.53. The van der Waals surface area contributed by atoms with Crippen LogP contribution in [0.5, 0.6) is 11.5 Å². The molecule has 1 atom stereocenters. The van der Waals surface area contributed by atoms with Crippen molar-refractivity contribution in [2.45, 2.75) is 26.6 Å². The van der Waals surface area contributed by atoms with Gasteiger partial charge in [-0.15, -0.1) is 0 Å². The van der Waals surface area contributed by atoms with Crippen molar-refractivity contribution in [3.8, 4) is 11.5 Å². The van der Waals surface area contributed by atoms with Gasteiger partial charge < -0.3 is 9.47 Å². The average Bonchev–Trinajstić information content (AvgIpc) is 2.74. The van der Waals surface area contributed by atoms with Gasteiger partial charge in [0.2, 0.25) is 0 Å². The number of hydrogen-bond donors (Lipinski definition) is 1. The van der Waals surface area contributed by atoms with Crippen molar-refractivity contribution in [2.24, 2.45) is 5.10 Å². The first-order chi connectivity index (χ1) is 14.5. The van der Waals surface area contributed by atoms with E-state index in [-0.39, 0.29) is 5.91 Å². The highest BCUT2D eigenvalue weighted by molar-refractivity contribution is 6.30. The highest BCUT2D eigenvalue weighted by Crippen LogP contribution is 2.18. The van der Waals surface area contributed by atoms with Gasteiger partial charge in [0.15, 0.2) is 6.10 Å². The number of aryl methyl sites for hydroxylation is 1. The number of amides is 1. The number of benzene rings is 3. The molecule has 0 saturated heterocycles. The number of carbonyl (C=O) groups excluding carboxylic acids is 1. The van der Waals surface area contributed by atoms with Gasteiger partial charge >= 0.3 is 0 Å². The number of ether oxygens (including phenoxy) is 2. The van der Waals surface area contributed by atoms with Crippen LogP contribution in [-0.4, -0.2) is 18.2 Å².